The average Bonchev–Trinajstić information content (AvgIpc) is 2.64. The van der Waals surface area contributed by atoms with Crippen LogP contribution < -0.4 is 5.32 Å². The molecule has 0 fully saturated rings. The van der Waals surface area contributed by atoms with E-state index in [9.17, 15) is 0 Å². The van der Waals surface area contributed by atoms with Crippen molar-refractivity contribution in [2.24, 2.45) is 0 Å². The highest BCUT2D eigenvalue weighted by Gasteiger charge is 2.08. The zero-order chi connectivity index (χ0) is 17.2. The van der Waals surface area contributed by atoms with Crippen molar-refractivity contribution in [1.82, 2.24) is 4.98 Å². The van der Waals surface area contributed by atoms with Crippen LogP contribution >= 0.6 is 24.0 Å². The van der Waals surface area contributed by atoms with Crippen LogP contribution in [0.5, 0.6) is 0 Å². The fraction of sp³-hybridized carbons (Fsp3) is 0.0455. The van der Waals surface area contributed by atoms with Crippen molar-refractivity contribution in [3.8, 4) is 11.3 Å². The summed E-state index contributed by atoms with van der Waals surface area (Å²) in [5.41, 5.74) is 6.27. The van der Waals surface area contributed by atoms with E-state index < -0.39 is 0 Å². The number of fused-ring (bicyclic) bond motifs is 1. The Morgan fingerprint density at radius 1 is 0.846 bits per heavy atom. The van der Waals surface area contributed by atoms with E-state index in [4.69, 9.17) is 16.6 Å². The van der Waals surface area contributed by atoms with Gasteiger partial charge in [0.2, 0.25) is 0 Å². The molecule has 0 saturated heterocycles. The molecular formula is C22H18Cl2N2. The van der Waals surface area contributed by atoms with Crippen molar-refractivity contribution in [3.05, 3.63) is 89.4 Å². The first kappa shape index (κ1) is 18.2. The Labute approximate surface area is 164 Å². The summed E-state index contributed by atoms with van der Waals surface area (Å²) in [6.07, 6.45) is 0. The van der Waals surface area contributed by atoms with Crippen molar-refractivity contribution in [1.29, 1.82) is 0 Å². The minimum atomic E-state index is 0. The predicted molar refractivity (Wildman–Crippen MR) is 114 cm³/mol. The van der Waals surface area contributed by atoms with E-state index in [1.165, 1.54) is 5.56 Å². The normalized spacial score (nSPS) is 10.4. The molecular weight excluding hydrogens is 363 g/mol. The fourth-order valence-electron chi connectivity index (χ4n) is 2.84. The molecule has 2 nitrogen and oxygen atoms in total. The van der Waals surface area contributed by atoms with Crippen LogP contribution in [-0.2, 0) is 0 Å². The standard InChI is InChI=1S/C22H17ClN2.ClH/c1-15-6-12-18(13-7-15)24-22-14-21(16-8-10-17(23)11-9-16)25-20-5-3-2-4-19(20)22;/h2-14H,1H3,(H,24,25);1H. The minimum absolute atomic E-state index is 0. The average molecular weight is 381 g/mol. The molecule has 0 amide bonds. The number of hydrogen-bond acceptors (Lipinski definition) is 2. The van der Waals surface area contributed by atoms with Gasteiger partial charge < -0.3 is 5.32 Å². The van der Waals surface area contributed by atoms with Crippen molar-refractivity contribution in [2.75, 3.05) is 5.32 Å². The molecule has 4 heteroatoms. The van der Waals surface area contributed by atoms with Crippen LogP contribution in [0, 0.1) is 6.92 Å². The molecule has 3 aromatic carbocycles. The number of para-hydroxylation sites is 1. The van der Waals surface area contributed by atoms with Gasteiger partial charge in [-0.1, -0.05) is 59.6 Å². The third-order valence-electron chi connectivity index (χ3n) is 4.19. The van der Waals surface area contributed by atoms with E-state index in [-0.39, 0.29) is 12.4 Å². The summed E-state index contributed by atoms with van der Waals surface area (Å²) in [6, 6.07) is 26.4. The second-order valence-corrected chi connectivity index (χ2v) is 6.51. The molecule has 1 aromatic heterocycles. The number of hydrogen-bond donors (Lipinski definition) is 1. The van der Waals surface area contributed by atoms with Crippen LogP contribution in [0.4, 0.5) is 11.4 Å². The van der Waals surface area contributed by atoms with Crippen molar-refractivity contribution < 1.29 is 0 Å². The molecule has 0 bridgehead atoms. The lowest BCUT2D eigenvalue weighted by Gasteiger charge is -2.12. The highest BCUT2D eigenvalue weighted by Crippen LogP contribution is 2.31. The third-order valence-corrected chi connectivity index (χ3v) is 4.44. The van der Waals surface area contributed by atoms with Crippen molar-refractivity contribution >= 4 is 46.3 Å². The Bertz CT molecular complexity index is 1030. The van der Waals surface area contributed by atoms with Gasteiger partial charge in [0, 0.05) is 21.7 Å². The molecule has 130 valence electrons. The van der Waals surface area contributed by atoms with Crippen LogP contribution in [0.1, 0.15) is 5.56 Å². The molecule has 1 N–H and O–H groups in total. The molecule has 0 spiro atoms. The van der Waals surface area contributed by atoms with E-state index in [0.29, 0.717) is 0 Å². The van der Waals surface area contributed by atoms with E-state index >= 15 is 0 Å². The minimum Gasteiger partial charge on any atom is -0.355 e. The summed E-state index contributed by atoms with van der Waals surface area (Å²) in [5, 5.41) is 5.35. The maximum Gasteiger partial charge on any atom is 0.0730 e. The molecule has 26 heavy (non-hydrogen) atoms. The quantitative estimate of drug-likeness (QED) is 0.412. The van der Waals surface area contributed by atoms with E-state index in [0.717, 1.165) is 38.6 Å². The number of benzene rings is 3. The molecule has 0 aliphatic heterocycles. The second-order valence-electron chi connectivity index (χ2n) is 6.07. The van der Waals surface area contributed by atoms with Crippen LogP contribution in [0.3, 0.4) is 0 Å². The molecule has 0 radical (unpaired) electrons. The molecule has 0 aliphatic rings. The maximum absolute atomic E-state index is 6.01. The predicted octanol–water partition coefficient (Wildman–Crippen LogP) is 7.03. The topological polar surface area (TPSA) is 24.9 Å². The Kier molecular flexibility index (Phi) is 5.46. The Morgan fingerprint density at radius 2 is 1.54 bits per heavy atom. The van der Waals surface area contributed by atoms with Crippen LogP contribution in [-0.4, -0.2) is 4.98 Å². The molecule has 0 unspecified atom stereocenters. The fourth-order valence-corrected chi connectivity index (χ4v) is 2.97. The van der Waals surface area contributed by atoms with Crippen LogP contribution in [0.25, 0.3) is 22.2 Å². The lowest BCUT2D eigenvalue weighted by molar-refractivity contribution is 1.39. The zero-order valence-electron chi connectivity index (χ0n) is 14.2. The maximum atomic E-state index is 6.01. The number of rotatable bonds is 3. The number of aromatic nitrogens is 1. The number of nitrogens with one attached hydrogen (secondary N) is 1. The molecule has 0 saturated carbocycles. The van der Waals surface area contributed by atoms with Gasteiger partial charge in [-0.3, -0.25) is 0 Å². The van der Waals surface area contributed by atoms with Crippen LogP contribution in [0.15, 0.2) is 78.9 Å². The summed E-state index contributed by atoms with van der Waals surface area (Å²) in [4.78, 5) is 4.81. The monoisotopic (exact) mass is 380 g/mol. The molecule has 4 aromatic rings. The first-order valence-electron chi connectivity index (χ1n) is 8.18. The van der Waals surface area contributed by atoms with Gasteiger partial charge in [0.25, 0.3) is 0 Å². The van der Waals surface area contributed by atoms with Crippen molar-refractivity contribution in [3.63, 3.8) is 0 Å². The highest BCUT2D eigenvalue weighted by atomic mass is 35.5. The molecule has 0 aliphatic carbocycles. The Morgan fingerprint density at radius 3 is 2.27 bits per heavy atom. The summed E-state index contributed by atoms with van der Waals surface area (Å²) in [6.45, 7) is 2.09. The number of anilines is 2. The Hall–Kier alpha value is -2.55. The summed E-state index contributed by atoms with van der Waals surface area (Å²) in [7, 11) is 0. The van der Waals surface area contributed by atoms with Gasteiger partial charge in [-0.25, -0.2) is 4.98 Å². The molecule has 4 rings (SSSR count). The van der Waals surface area contributed by atoms with Gasteiger partial charge in [-0.05, 0) is 43.3 Å². The van der Waals surface area contributed by atoms with Gasteiger partial charge in [0.15, 0.2) is 0 Å². The van der Waals surface area contributed by atoms with E-state index in [2.05, 4.69) is 48.6 Å². The lowest BCUT2D eigenvalue weighted by Crippen LogP contribution is -1.95. The lowest BCUT2D eigenvalue weighted by atomic mass is 10.1. The first-order chi connectivity index (χ1) is 12.2. The van der Waals surface area contributed by atoms with Crippen LogP contribution in [0.2, 0.25) is 5.02 Å². The van der Waals surface area contributed by atoms with E-state index in [1.54, 1.807) is 0 Å². The molecule has 0 atom stereocenters. The highest BCUT2D eigenvalue weighted by molar-refractivity contribution is 6.30. The number of pyridine rings is 1. The van der Waals surface area contributed by atoms with Gasteiger partial charge in [0.1, 0.15) is 0 Å². The molecule has 1 heterocycles. The number of nitrogens with zero attached hydrogens (tertiary/aromatic N) is 1. The SMILES string of the molecule is Cc1ccc(Nc2cc(-c3ccc(Cl)cc3)nc3ccccc23)cc1.Cl. The van der Waals surface area contributed by atoms with Gasteiger partial charge >= 0.3 is 0 Å². The largest absolute Gasteiger partial charge is 0.355 e. The van der Waals surface area contributed by atoms with E-state index in [1.807, 2.05) is 42.5 Å². The number of aryl methyl sites for hydroxylation is 1. The zero-order valence-corrected chi connectivity index (χ0v) is 15.8. The van der Waals surface area contributed by atoms with Gasteiger partial charge in [-0.2, -0.15) is 0 Å². The third kappa shape index (κ3) is 3.82. The number of halogens is 2. The smallest absolute Gasteiger partial charge is 0.0730 e. The van der Waals surface area contributed by atoms with Crippen molar-refractivity contribution in [2.45, 2.75) is 6.92 Å². The van der Waals surface area contributed by atoms with Gasteiger partial charge in [0.05, 0.1) is 16.9 Å². The van der Waals surface area contributed by atoms with Gasteiger partial charge in [-0.15, -0.1) is 12.4 Å². The summed E-state index contributed by atoms with van der Waals surface area (Å²) < 4.78 is 0. The Balaban J connectivity index is 0.00000196. The second kappa shape index (κ2) is 7.77. The summed E-state index contributed by atoms with van der Waals surface area (Å²) >= 11 is 6.01. The summed E-state index contributed by atoms with van der Waals surface area (Å²) in [5.74, 6) is 0. The first-order valence-corrected chi connectivity index (χ1v) is 8.56.